The SMILES string of the molecule is OCCCCCCCCCCCCCCCCCCCCONOCCCCCCCCCCCCCCCCCCCCO. The third kappa shape index (κ3) is 43.8. The highest BCUT2D eigenvalue weighted by atomic mass is 16.9. The second-order valence-corrected chi connectivity index (χ2v) is 14.0. The summed E-state index contributed by atoms with van der Waals surface area (Å²) in [6.45, 7) is 2.22. The third-order valence-electron chi connectivity index (χ3n) is 9.43. The maximum absolute atomic E-state index is 8.79. The molecule has 0 radical (unpaired) electrons. The van der Waals surface area contributed by atoms with Gasteiger partial charge in [-0.25, -0.2) is 0 Å². The second-order valence-electron chi connectivity index (χ2n) is 14.0. The molecule has 272 valence electrons. The quantitative estimate of drug-likeness (QED) is 0.0457. The minimum Gasteiger partial charge on any atom is -0.396 e. The molecule has 5 heteroatoms. The van der Waals surface area contributed by atoms with Gasteiger partial charge in [0.1, 0.15) is 0 Å². The third-order valence-corrected chi connectivity index (χ3v) is 9.43. The molecule has 45 heavy (non-hydrogen) atoms. The molecule has 0 rings (SSSR count). The lowest BCUT2D eigenvalue weighted by Crippen LogP contribution is -2.16. The summed E-state index contributed by atoms with van der Waals surface area (Å²) in [5, 5.41) is 17.6. The Morgan fingerprint density at radius 1 is 0.222 bits per heavy atom. The predicted octanol–water partition coefficient (Wildman–Crippen LogP) is 12.5. The van der Waals surface area contributed by atoms with Crippen LogP contribution in [0.4, 0.5) is 0 Å². The fourth-order valence-corrected chi connectivity index (χ4v) is 6.35. The van der Waals surface area contributed by atoms with E-state index in [0.717, 1.165) is 38.9 Å². The number of aliphatic hydroxyl groups is 2. The molecule has 0 aliphatic rings. The fourth-order valence-electron chi connectivity index (χ4n) is 6.35. The van der Waals surface area contributed by atoms with E-state index in [4.69, 9.17) is 19.9 Å². The first kappa shape index (κ1) is 44.8. The molecule has 0 saturated carbocycles. The van der Waals surface area contributed by atoms with Crippen LogP contribution in [-0.4, -0.2) is 36.6 Å². The predicted molar refractivity (Wildman–Crippen MR) is 195 cm³/mol. The van der Waals surface area contributed by atoms with Gasteiger partial charge in [-0.3, -0.25) is 9.68 Å². The van der Waals surface area contributed by atoms with Crippen molar-refractivity contribution in [1.29, 1.82) is 0 Å². The van der Waals surface area contributed by atoms with Crippen molar-refractivity contribution in [3.8, 4) is 0 Å². The van der Waals surface area contributed by atoms with Gasteiger partial charge in [0.05, 0.1) is 13.2 Å². The zero-order valence-corrected chi connectivity index (χ0v) is 30.5. The molecular weight excluding hydrogens is 558 g/mol. The summed E-state index contributed by atoms with van der Waals surface area (Å²) in [4.78, 5) is 10.8. The largest absolute Gasteiger partial charge is 0.396 e. The minimum atomic E-state index is 0.362. The lowest BCUT2D eigenvalue weighted by molar-refractivity contribution is -0.171. The Balaban J connectivity index is 3.03. The summed E-state index contributed by atoms with van der Waals surface area (Å²) >= 11 is 0. The molecule has 3 N–H and O–H groups in total. The highest BCUT2D eigenvalue weighted by molar-refractivity contribution is 4.52. The molecule has 0 atom stereocenters. The Kier molecular flexibility index (Phi) is 43.6. The van der Waals surface area contributed by atoms with Crippen LogP contribution in [-0.2, 0) is 9.68 Å². The molecule has 0 saturated heterocycles. The molecule has 0 aliphatic heterocycles. The number of nitrogens with one attached hydrogen (secondary N) is 1. The molecule has 0 aromatic rings. The molecule has 0 aromatic heterocycles. The van der Waals surface area contributed by atoms with Gasteiger partial charge in [-0.1, -0.05) is 211 Å². The first-order valence-corrected chi connectivity index (χ1v) is 20.6. The van der Waals surface area contributed by atoms with Gasteiger partial charge in [0, 0.05) is 13.2 Å². The van der Waals surface area contributed by atoms with E-state index >= 15 is 0 Å². The van der Waals surface area contributed by atoms with E-state index in [-0.39, 0.29) is 0 Å². The van der Waals surface area contributed by atoms with Gasteiger partial charge < -0.3 is 10.2 Å². The van der Waals surface area contributed by atoms with Crippen molar-refractivity contribution >= 4 is 0 Å². The standard InChI is InChI=1S/C40H83NO4/c42-37-33-29-25-21-17-13-9-5-1-3-7-11-15-19-23-27-31-35-39-44-41-45-40-36-32-28-24-20-16-12-8-4-2-6-10-14-18-22-26-30-34-38-43/h41-43H,1-40H2. The normalized spacial score (nSPS) is 11.6. The Morgan fingerprint density at radius 2 is 0.378 bits per heavy atom. The monoisotopic (exact) mass is 642 g/mol. The Labute approximate surface area is 282 Å². The molecule has 0 aliphatic carbocycles. The molecule has 0 bridgehead atoms. The summed E-state index contributed by atoms with van der Waals surface area (Å²) in [7, 11) is 0. The zero-order valence-electron chi connectivity index (χ0n) is 30.5. The van der Waals surface area contributed by atoms with Crippen molar-refractivity contribution in [3.63, 3.8) is 0 Å². The average Bonchev–Trinajstić information content (AvgIpc) is 3.05. The average molecular weight is 642 g/mol. The van der Waals surface area contributed by atoms with Crippen LogP contribution in [0.25, 0.3) is 0 Å². The summed E-state index contributed by atoms with van der Waals surface area (Å²) in [5.74, 6) is 0. The van der Waals surface area contributed by atoms with E-state index in [0.29, 0.717) is 13.2 Å². The van der Waals surface area contributed by atoms with E-state index in [9.17, 15) is 0 Å². The smallest absolute Gasteiger partial charge is 0.0709 e. The van der Waals surface area contributed by atoms with Crippen molar-refractivity contribution in [2.24, 2.45) is 0 Å². The Bertz CT molecular complexity index is 451. The molecule has 0 spiro atoms. The van der Waals surface area contributed by atoms with Crippen LogP contribution in [0.5, 0.6) is 0 Å². The van der Waals surface area contributed by atoms with Crippen molar-refractivity contribution in [3.05, 3.63) is 0 Å². The van der Waals surface area contributed by atoms with Crippen LogP contribution in [0.1, 0.15) is 231 Å². The molecule has 0 amide bonds. The topological polar surface area (TPSA) is 71.0 Å². The van der Waals surface area contributed by atoms with E-state index < -0.39 is 0 Å². The molecule has 0 unspecified atom stereocenters. The van der Waals surface area contributed by atoms with Crippen molar-refractivity contribution in [2.75, 3.05) is 26.4 Å². The Hall–Kier alpha value is -0.200. The fraction of sp³-hybridized carbons (Fsp3) is 1.00. The summed E-state index contributed by atoms with van der Waals surface area (Å²) in [5.41, 5.74) is 2.69. The lowest BCUT2D eigenvalue weighted by Gasteiger charge is -2.07. The van der Waals surface area contributed by atoms with Crippen LogP contribution in [0.2, 0.25) is 0 Å². The van der Waals surface area contributed by atoms with Crippen molar-refractivity contribution in [1.82, 2.24) is 5.64 Å². The van der Waals surface area contributed by atoms with Crippen molar-refractivity contribution in [2.45, 2.75) is 231 Å². The number of unbranched alkanes of at least 4 members (excludes halogenated alkanes) is 34. The maximum atomic E-state index is 8.79. The van der Waals surface area contributed by atoms with Crippen LogP contribution in [0, 0.1) is 0 Å². The first-order chi connectivity index (χ1) is 22.4. The van der Waals surface area contributed by atoms with E-state index in [1.54, 1.807) is 0 Å². The van der Waals surface area contributed by atoms with Gasteiger partial charge in [-0.15, -0.1) is 0 Å². The van der Waals surface area contributed by atoms with E-state index in [1.807, 2.05) is 0 Å². The summed E-state index contributed by atoms with van der Waals surface area (Å²) in [6.07, 6.45) is 48.2. The second kappa shape index (κ2) is 43.8. The van der Waals surface area contributed by atoms with Gasteiger partial charge in [0.2, 0.25) is 0 Å². The summed E-state index contributed by atoms with van der Waals surface area (Å²) in [6, 6.07) is 0. The zero-order chi connectivity index (χ0) is 32.4. The highest BCUT2D eigenvalue weighted by Gasteiger charge is 1.98. The molecular formula is C40H83NO4. The van der Waals surface area contributed by atoms with Crippen LogP contribution in [0.3, 0.4) is 0 Å². The van der Waals surface area contributed by atoms with Gasteiger partial charge in [0.25, 0.3) is 0 Å². The van der Waals surface area contributed by atoms with Crippen LogP contribution < -0.4 is 5.64 Å². The molecule has 0 fully saturated rings. The summed E-state index contributed by atoms with van der Waals surface area (Å²) < 4.78 is 0. The van der Waals surface area contributed by atoms with Gasteiger partial charge in [0.15, 0.2) is 0 Å². The van der Waals surface area contributed by atoms with Gasteiger partial charge >= 0.3 is 0 Å². The first-order valence-electron chi connectivity index (χ1n) is 20.6. The number of rotatable bonds is 42. The lowest BCUT2D eigenvalue weighted by atomic mass is 10.0. The van der Waals surface area contributed by atoms with Crippen LogP contribution >= 0.6 is 0 Å². The Morgan fingerprint density at radius 3 is 0.556 bits per heavy atom. The van der Waals surface area contributed by atoms with E-state index in [1.165, 1.54) is 205 Å². The number of hydrogen-bond acceptors (Lipinski definition) is 5. The van der Waals surface area contributed by atoms with Crippen LogP contribution in [0.15, 0.2) is 0 Å². The molecule has 0 aromatic carbocycles. The van der Waals surface area contributed by atoms with Crippen molar-refractivity contribution < 1.29 is 19.9 Å². The van der Waals surface area contributed by atoms with Gasteiger partial charge in [-0.05, 0) is 25.7 Å². The highest BCUT2D eigenvalue weighted by Crippen LogP contribution is 2.16. The van der Waals surface area contributed by atoms with E-state index in [2.05, 4.69) is 5.64 Å². The number of aliphatic hydroxyl groups excluding tert-OH is 2. The molecule has 0 heterocycles. The minimum absolute atomic E-state index is 0.362. The number of hydrogen-bond donors (Lipinski definition) is 3. The maximum Gasteiger partial charge on any atom is 0.0709 e. The van der Waals surface area contributed by atoms with Gasteiger partial charge in [-0.2, -0.15) is 0 Å². The molecule has 5 nitrogen and oxygen atoms in total.